The first kappa shape index (κ1) is 14.0. The molecule has 0 aliphatic carbocycles. The highest BCUT2D eigenvalue weighted by molar-refractivity contribution is 5.35. The molecule has 0 atom stereocenters. The van der Waals surface area contributed by atoms with Crippen molar-refractivity contribution >= 4 is 5.69 Å². The van der Waals surface area contributed by atoms with Crippen LogP contribution in [0.4, 0.5) is 5.69 Å². The quantitative estimate of drug-likeness (QED) is 0.471. The van der Waals surface area contributed by atoms with E-state index < -0.39 is 4.92 Å². The van der Waals surface area contributed by atoms with Gasteiger partial charge in [0.2, 0.25) is 0 Å². The van der Waals surface area contributed by atoms with Crippen LogP contribution in [0.25, 0.3) is 0 Å². The Hall–Kier alpha value is -2.41. The molecular formula is C13H16N4O3. The molecule has 106 valence electrons. The first-order chi connectivity index (χ1) is 9.66. The summed E-state index contributed by atoms with van der Waals surface area (Å²) in [6, 6.07) is 6.04. The van der Waals surface area contributed by atoms with Crippen molar-refractivity contribution in [3.63, 3.8) is 0 Å². The maximum Gasteiger partial charge on any atom is 0.269 e. The van der Waals surface area contributed by atoms with Gasteiger partial charge in [0.05, 0.1) is 11.5 Å². The number of imidazole rings is 1. The number of benzene rings is 1. The molecule has 1 aromatic carbocycles. The molecule has 2 aromatic rings. The standard InChI is InChI=1S/C13H16N4O3/c1-16-8-6-15-13(16)10-14-7-9-20-12-4-2-11(3-5-12)17(18)19/h2-6,8,14H,7,9-10H2,1H3. The van der Waals surface area contributed by atoms with E-state index in [1.54, 1.807) is 18.3 Å². The molecule has 7 heteroatoms. The number of hydrogen-bond acceptors (Lipinski definition) is 5. The van der Waals surface area contributed by atoms with Crippen LogP contribution in [0.1, 0.15) is 5.82 Å². The van der Waals surface area contributed by atoms with E-state index in [1.165, 1.54) is 12.1 Å². The molecule has 7 nitrogen and oxygen atoms in total. The van der Waals surface area contributed by atoms with Gasteiger partial charge in [-0.15, -0.1) is 0 Å². The number of aryl methyl sites for hydroxylation is 1. The van der Waals surface area contributed by atoms with E-state index >= 15 is 0 Å². The zero-order chi connectivity index (χ0) is 14.4. The van der Waals surface area contributed by atoms with Gasteiger partial charge in [-0.2, -0.15) is 0 Å². The van der Waals surface area contributed by atoms with Crippen LogP contribution in [0.2, 0.25) is 0 Å². The van der Waals surface area contributed by atoms with Crippen molar-refractivity contribution in [3.05, 3.63) is 52.6 Å². The van der Waals surface area contributed by atoms with E-state index in [-0.39, 0.29) is 5.69 Å². The first-order valence-corrected chi connectivity index (χ1v) is 6.21. The summed E-state index contributed by atoms with van der Waals surface area (Å²) in [5, 5.41) is 13.7. The molecule has 0 aliphatic rings. The molecule has 0 unspecified atom stereocenters. The monoisotopic (exact) mass is 276 g/mol. The number of rotatable bonds is 7. The summed E-state index contributed by atoms with van der Waals surface area (Å²) >= 11 is 0. The van der Waals surface area contributed by atoms with E-state index in [4.69, 9.17) is 4.74 Å². The van der Waals surface area contributed by atoms with Crippen molar-refractivity contribution in [1.29, 1.82) is 0 Å². The molecule has 0 amide bonds. The third-order valence-electron chi connectivity index (χ3n) is 2.80. The Labute approximate surface area is 116 Å². The highest BCUT2D eigenvalue weighted by atomic mass is 16.6. The van der Waals surface area contributed by atoms with Crippen LogP contribution in [0.5, 0.6) is 5.75 Å². The van der Waals surface area contributed by atoms with Gasteiger partial charge in [0, 0.05) is 38.1 Å². The zero-order valence-corrected chi connectivity index (χ0v) is 11.2. The fraction of sp³-hybridized carbons (Fsp3) is 0.308. The number of nitrogens with zero attached hydrogens (tertiary/aromatic N) is 3. The lowest BCUT2D eigenvalue weighted by Gasteiger charge is -2.07. The molecule has 1 aromatic heterocycles. The molecule has 20 heavy (non-hydrogen) atoms. The summed E-state index contributed by atoms with van der Waals surface area (Å²) in [5.41, 5.74) is 0.0604. The van der Waals surface area contributed by atoms with Crippen molar-refractivity contribution < 1.29 is 9.66 Å². The second kappa shape index (κ2) is 6.67. The van der Waals surface area contributed by atoms with Crippen molar-refractivity contribution in [3.8, 4) is 5.75 Å². The van der Waals surface area contributed by atoms with Gasteiger partial charge < -0.3 is 14.6 Å². The third kappa shape index (κ3) is 3.79. The second-order valence-electron chi connectivity index (χ2n) is 4.23. The highest BCUT2D eigenvalue weighted by Gasteiger charge is 2.04. The maximum atomic E-state index is 10.5. The van der Waals surface area contributed by atoms with Crippen LogP contribution in [-0.2, 0) is 13.6 Å². The minimum absolute atomic E-state index is 0.0604. The summed E-state index contributed by atoms with van der Waals surface area (Å²) in [4.78, 5) is 14.3. The molecule has 0 saturated heterocycles. The minimum atomic E-state index is -0.432. The number of ether oxygens (including phenoxy) is 1. The number of nitro benzene ring substituents is 1. The molecule has 1 heterocycles. The molecule has 0 aliphatic heterocycles. The highest BCUT2D eigenvalue weighted by Crippen LogP contribution is 2.16. The zero-order valence-electron chi connectivity index (χ0n) is 11.2. The summed E-state index contributed by atoms with van der Waals surface area (Å²) in [5.74, 6) is 1.58. The average molecular weight is 276 g/mol. The Morgan fingerprint density at radius 2 is 2.15 bits per heavy atom. The van der Waals surface area contributed by atoms with Crippen molar-refractivity contribution in [2.45, 2.75) is 6.54 Å². The molecule has 0 radical (unpaired) electrons. The molecule has 0 spiro atoms. The Morgan fingerprint density at radius 3 is 2.75 bits per heavy atom. The minimum Gasteiger partial charge on any atom is -0.492 e. The van der Waals surface area contributed by atoms with Crippen LogP contribution < -0.4 is 10.1 Å². The maximum absolute atomic E-state index is 10.5. The number of non-ortho nitro benzene ring substituents is 1. The lowest BCUT2D eigenvalue weighted by molar-refractivity contribution is -0.384. The Balaban J connectivity index is 1.68. The van der Waals surface area contributed by atoms with Crippen molar-refractivity contribution in [1.82, 2.24) is 14.9 Å². The van der Waals surface area contributed by atoms with Crippen LogP contribution in [0.15, 0.2) is 36.7 Å². The van der Waals surface area contributed by atoms with Gasteiger partial charge in [0.25, 0.3) is 5.69 Å². The SMILES string of the molecule is Cn1ccnc1CNCCOc1ccc([N+](=O)[O-])cc1. The average Bonchev–Trinajstić information content (AvgIpc) is 2.84. The van der Waals surface area contributed by atoms with E-state index in [2.05, 4.69) is 10.3 Å². The lowest BCUT2D eigenvalue weighted by Crippen LogP contribution is -2.22. The van der Waals surface area contributed by atoms with Crippen LogP contribution in [0, 0.1) is 10.1 Å². The predicted molar refractivity (Wildman–Crippen MR) is 73.5 cm³/mol. The van der Waals surface area contributed by atoms with Gasteiger partial charge in [-0.05, 0) is 12.1 Å². The van der Waals surface area contributed by atoms with Crippen LogP contribution in [0.3, 0.4) is 0 Å². The van der Waals surface area contributed by atoms with Crippen LogP contribution in [-0.4, -0.2) is 27.6 Å². The smallest absolute Gasteiger partial charge is 0.269 e. The van der Waals surface area contributed by atoms with Gasteiger partial charge in [-0.3, -0.25) is 10.1 Å². The number of aromatic nitrogens is 2. The molecule has 0 fully saturated rings. The van der Waals surface area contributed by atoms with E-state index in [1.807, 2.05) is 17.8 Å². The number of nitrogens with one attached hydrogen (secondary N) is 1. The molecule has 2 rings (SSSR count). The van der Waals surface area contributed by atoms with Gasteiger partial charge in [0.1, 0.15) is 18.2 Å². The fourth-order valence-corrected chi connectivity index (χ4v) is 1.67. The molecule has 0 saturated carbocycles. The third-order valence-corrected chi connectivity index (χ3v) is 2.80. The molecule has 0 bridgehead atoms. The Kier molecular flexibility index (Phi) is 4.67. The number of hydrogen-bond donors (Lipinski definition) is 1. The molecular weight excluding hydrogens is 260 g/mol. The summed E-state index contributed by atoms with van der Waals surface area (Å²) in [7, 11) is 1.94. The van der Waals surface area contributed by atoms with E-state index in [9.17, 15) is 10.1 Å². The van der Waals surface area contributed by atoms with Gasteiger partial charge >= 0.3 is 0 Å². The first-order valence-electron chi connectivity index (χ1n) is 6.21. The normalized spacial score (nSPS) is 10.4. The lowest BCUT2D eigenvalue weighted by atomic mass is 10.3. The van der Waals surface area contributed by atoms with Crippen molar-refractivity contribution in [2.24, 2.45) is 7.05 Å². The van der Waals surface area contributed by atoms with Gasteiger partial charge in [-0.1, -0.05) is 0 Å². The van der Waals surface area contributed by atoms with E-state index in [0.717, 1.165) is 5.82 Å². The fourth-order valence-electron chi connectivity index (χ4n) is 1.67. The Morgan fingerprint density at radius 1 is 1.40 bits per heavy atom. The van der Waals surface area contributed by atoms with Gasteiger partial charge in [0.15, 0.2) is 0 Å². The molecule has 1 N–H and O–H groups in total. The second-order valence-corrected chi connectivity index (χ2v) is 4.23. The summed E-state index contributed by atoms with van der Waals surface area (Å²) < 4.78 is 7.43. The van der Waals surface area contributed by atoms with Crippen LogP contribution >= 0.6 is 0 Å². The van der Waals surface area contributed by atoms with Crippen molar-refractivity contribution in [2.75, 3.05) is 13.2 Å². The summed E-state index contributed by atoms with van der Waals surface area (Å²) in [6.45, 7) is 1.83. The largest absolute Gasteiger partial charge is 0.492 e. The summed E-state index contributed by atoms with van der Waals surface area (Å²) in [6.07, 6.45) is 3.65. The number of nitro groups is 1. The van der Waals surface area contributed by atoms with E-state index in [0.29, 0.717) is 25.4 Å². The Bertz CT molecular complexity index is 565. The van der Waals surface area contributed by atoms with Gasteiger partial charge in [-0.25, -0.2) is 4.98 Å². The predicted octanol–water partition coefficient (Wildman–Crippen LogP) is 1.50. The topological polar surface area (TPSA) is 82.2 Å².